The molecule has 0 saturated heterocycles. The maximum Gasteiger partial charge on any atom is 0.144 e. The molecule has 2 rings (SSSR count). The molecule has 1 heterocycles. The molecule has 2 aromatic rings. The molecule has 0 atom stereocenters. The highest BCUT2D eigenvalue weighted by atomic mass is 16.5. The van der Waals surface area contributed by atoms with Crippen molar-refractivity contribution in [2.24, 2.45) is 0 Å². The minimum absolute atomic E-state index is 0.587. The summed E-state index contributed by atoms with van der Waals surface area (Å²) >= 11 is 0. The van der Waals surface area contributed by atoms with Crippen LogP contribution in [0.5, 0.6) is 5.75 Å². The van der Waals surface area contributed by atoms with Crippen LogP contribution in [-0.2, 0) is 0 Å². The number of nitrogens with zero attached hydrogens (tertiary/aromatic N) is 1. The minimum Gasteiger partial charge on any atom is -0.495 e. The number of rotatable bonds is 1. The molecule has 0 aliphatic heterocycles. The highest BCUT2D eigenvalue weighted by Gasteiger charge is 2.07. The number of nitrogen functional groups attached to an aromatic ring is 1. The SMILES string of the molecule is COc1ccc2[nH]c(C)nc2c1N. The fraction of sp³-hybridized carbons (Fsp3) is 0.222. The minimum atomic E-state index is 0.587. The Morgan fingerprint density at radius 2 is 2.23 bits per heavy atom. The van der Waals surface area contributed by atoms with Gasteiger partial charge >= 0.3 is 0 Å². The normalized spacial score (nSPS) is 10.6. The summed E-state index contributed by atoms with van der Waals surface area (Å²) < 4.78 is 5.08. The molecular weight excluding hydrogens is 166 g/mol. The van der Waals surface area contributed by atoms with Gasteiger partial charge in [0.1, 0.15) is 22.8 Å². The maximum absolute atomic E-state index is 5.84. The Bertz CT molecular complexity index is 447. The molecular formula is C9H11N3O. The zero-order valence-corrected chi connectivity index (χ0v) is 7.59. The average molecular weight is 177 g/mol. The zero-order valence-electron chi connectivity index (χ0n) is 7.59. The molecule has 0 aliphatic rings. The highest BCUT2D eigenvalue weighted by Crippen LogP contribution is 2.28. The Kier molecular flexibility index (Phi) is 1.62. The topological polar surface area (TPSA) is 63.9 Å². The van der Waals surface area contributed by atoms with E-state index >= 15 is 0 Å². The number of benzene rings is 1. The maximum atomic E-state index is 5.84. The number of H-pyrrole nitrogens is 1. The average Bonchev–Trinajstić information content (AvgIpc) is 2.47. The standard InChI is InChI=1S/C9H11N3O/c1-5-11-6-3-4-7(13-2)8(10)9(6)12-5/h3-4H,10H2,1-2H3,(H,11,12). The summed E-state index contributed by atoms with van der Waals surface area (Å²) in [7, 11) is 1.59. The molecule has 0 unspecified atom stereocenters. The number of imidazole rings is 1. The zero-order chi connectivity index (χ0) is 9.42. The number of nitrogens with two attached hydrogens (primary N) is 1. The van der Waals surface area contributed by atoms with Gasteiger partial charge in [0, 0.05) is 0 Å². The number of fused-ring (bicyclic) bond motifs is 1. The van der Waals surface area contributed by atoms with Crippen LogP contribution < -0.4 is 10.5 Å². The smallest absolute Gasteiger partial charge is 0.144 e. The van der Waals surface area contributed by atoms with Crippen molar-refractivity contribution in [3.63, 3.8) is 0 Å². The Labute approximate surface area is 75.7 Å². The van der Waals surface area contributed by atoms with Gasteiger partial charge in [0.15, 0.2) is 0 Å². The number of ether oxygens (including phenoxy) is 1. The number of aromatic nitrogens is 2. The molecule has 1 aromatic heterocycles. The van der Waals surface area contributed by atoms with Crippen LogP contribution in [0.15, 0.2) is 12.1 Å². The van der Waals surface area contributed by atoms with Crippen LogP contribution in [0.2, 0.25) is 0 Å². The Balaban J connectivity index is 2.78. The van der Waals surface area contributed by atoms with Gasteiger partial charge in [0.05, 0.1) is 12.6 Å². The van der Waals surface area contributed by atoms with Crippen molar-refractivity contribution in [1.29, 1.82) is 0 Å². The van der Waals surface area contributed by atoms with Gasteiger partial charge in [-0.3, -0.25) is 0 Å². The third-order valence-electron chi connectivity index (χ3n) is 1.99. The van der Waals surface area contributed by atoms with E-state index in [2.05, 4.69) is 9.97 Å². The molecule has 0 fully saturated rings. The molecule has 4 nitrogen and oxygen atoms in total. The lowest BCUT2D eigenvalue weighted by molar-refractivity contribution is 0.417. The van der Waals surface area contributed by atoms with Crippen LogP contribution in [0, 0.1) is 6.92 Å². The fourth-order valence-electron chi connectivity index (χ4n) is 1.38. The summed E-state index contributed by atoms with van der Waals surface area (Å²) in [6.45, 7) is 1.89. The molecule has 68 valence electrons. The van der Waals surface area contributed by atoms with Gasteiger partial charge in [-0.15, -0.1) is 0 Å². The Morgan fingerprint density at radius 1 is 1.46 bits per heavy atom. The van der Waals surface area contributed by atoms with E-state index in [9.17, 15) is 0 Å². The second kappa shape index (κ2) is 2.65. The number of aromatic amines is 1. The van der Waals surface area contributed by atoms with Gasteiger partial charge in [0.2, 0.25) is 0 Å². The first kappa shape index (κ1) is 7.91. The second-order valence-electron chi connectivity index (χ2n) is 2.90. The predicted octanol–water partition coefficient (Wildman–Crippen LogP) is 1.46. The first-order chi connectivity index (χ1) is 6.22. The summed E-state index contributed by atoms with van der Waals surface area (Å²) in [5.74, 6) is 1.52. The summed E-state index contributed by atoms with van der Waals surface area (Å²) in [5, 5.41) is 0. The van der Waals surface area contributed by atoms with Crippen molar-refractivity contribution in [1.82, 2.24) is 9.97 Å². The van der Waals surface area contributed by atoms with Crippen molar-refractivity contribution in [2.45, 2.75) is 6.92 Å². The first-order valence-corrected chi connectivity index (χ1v) is 4.01. The molecule has 1 aromatic carbocycles. The van der Waals surface area contributed by atoms with E-state index in [0.717, 1.165) is 16.9 Å². The lowest BCUT2D eigenvalue weighted by Gasteiger charge is -2.02. The van der Waals surface area contributed by atoms with E-state index in [0.29, 0.717) is 11.4 Å². The molecule has 3 N–H and O–H groups in total. The fourth-order valence-corrected chi connectivity index (χ4v) is 1.38. The number of nitrogens with one attached hydrogen (secondary N) is 1. The number of hydrogen-bond acceptors (Lipinski definition) is 3. The van der Waals surface area contributed by atoms with Crippen LogP contribution in [0.1, 0.15) is 5.82 Å². The number of anilines is 1. The second-order valence-corrected chi connectivity index (χ2v) is 2.90. The van der Waals surface area contributed by atoms with E-state index in [1.807, 2.05) is 19.1 Å². The van der Waals surface area contributed by atoms with Gasteiger partial charge in [-0.25, -0.2) is 4.98 Å². The van der Waals surface area contributed by atoms with E-state index < -0.39 is 0 Å². The monoisotopic (exact) mass is 177 g/mol. The Morgan fingerprint density at radius 3 is 2.92 bits per heavy atom. The van der Waals surface area contributed by atoms with Crippen molar-refractivity contribution >= 4 is 16.7 Å². The van der Waals surface area contributed by atoms with Crippen molar-refractivity contribution in [2.75, 3.05) is 12.8 Å². The molecule has 0 saturated carbocycles. The highest BCUT2D eigenvalue weighted by molar-refractivity contribution is 5.90. The van der Waals surface area contributed by atoms with E-state index in [-0.39, 0.29) is 0 Å². The van der Waals surface area contributed by atoms with Gasteiger partial charge in [-0.2, -0.15) is 0 Å². The molecule has 0 bridgehead atoms. The van der Waals surface area contributed by atoms with Gasteiger partial charge < -0.3 is 15.5 Å². The molecule has 13 heavy (non-hydrogen) atoms. The molecule has 0 radical (unpaired) electrons. The Hall–Kier alpha value is -1.71. The first-order valence-electron chi connectivity index (χ1n) is 4.01. The third-order valence-corrected chi connectivity index (χ3v) is 1.99. The van der Waals surface area contributed by atoms with Gasteiger partial charge in [-0.05, 0) is 19.1 Å². The van der Waals surface area contributed by atoms with E-state index in [1.165, 1.54) is 0 Å². The third kappa shape index (κ3) is 1.11. The van der Waals surface area contributed by atoms with Crippen LogP contribution in [0.3, 0.4) is 0 Å². The summed E-state index contributed by atoms with van der Waals surface area (Å²) in [4.78, 5) is 7.36. The lowest BCUT2D eigenvalue weighted by atomic mass is 10.2. The molecule has 0 spiro atoms. The van der Waals surface area contributed by atoms with Crippen molar-refractivity contribution < 1.29 is 4.74 Å². The van der Waals surface area contributed by atoms with Crippen LogP contribution in [0.25, 0.3) is 11.0 Å². The molecule has 0 aliphatic carbocycles. The van der Waals surface area contributed by atoms with Crippen molar-refractivity contribution in [3.05, 3.63) is 18.0 Å². The van der Waals surface area contributed by atoms with Crippen molar-refractivity contribution in [3.8, 4) is 5.75 Å². The molecule has 0 amide bonds. The van der Waals surface area contributed by atoms with Crippen LogP contribution in [-0.4, -0.2) is 17.1 Å². The van der Waals surface area contributed by atoms with E-state index in [1.54, 1.807) is 7.11 Å². The largest absolute Gasteiger partial charge is 0.495 e. The summed E-state index contributed by atoms with van der Waals surface area (Å²) in [5.41, 5.74) is 8.14. The van der Waals surface area contributed by atoms with Gasteiger partial charge in [-0.1, -0.05) is 0 Å². The van der Waals surface area contributed by atoms with E-state index in [4.69, 9.17) is 10.5 Å². The van der Waals surface area contributed by atoms with Crippen LogP contribution in [0.4, 0.5) is 5.69 Å². The lowest BCUT2D eigenvalue weighted by Crippen LogP contribution is -1.92. The number of hydrogen-bond donors (Lipinski definition) is 2. The summed E-state index contributed by atoms with van der Waals surface area (Å²) in [6, 6.07) is 3.74. The molecule has 4 heteroatoms. The number of methoxy groups -OCH3 is 1. The predicted molar refractivity (Wildman–Crippen MR) is 51.8 cm³/mol. The van der Waals surface area contributed by atoms with Gasteiger partial charge in [0.25, 0.3) is 0 Å². The number of aryl methyl sites for hydroxylation is 1. The van der Waals surface area contributed by atoms with Crippen LogP contribution >= 0.6 is 0 Å². The quantitative estimate of drug-likeness (QED) is 0.648. The summed E-state index contributed by atoms with van der Waals surface area (Å²) in [6.07, 6.45) is 0.